The van der Waals surface area contributed by atoms with E-state index in [0.717, 1.165) is 6.07 Å². The monoisotopic (exact) mass is 277 g/mol. The van der Waals surface area contributed by atoms with Crippen LogP contribution in [-0.4, -0.2) is 10.9 Å². The predicted molar refractivity (Wildman–Crippen MR) is 63.2 cm³/mol. The lowest BCUT2D eigenvalue weighted by Crippen LogP contribution is -2.16. The fourth-order valence-electron chi connectivity index (χ4n) is 1.42. The van der Waals surface area contributed by atoms with Gasteiger partial charge in [-0.15, -0.1) is 0 Å². The lowest BCUT2D eigenvalue weighted by molar-refractivity contribution is 0.102. The highest BCUT2D eigenvalue weighted by molar-refractivity contribution is 6.03. The second kappa shape index (κ2) is 5.40. The van der Waals surface area contributed by atoms with E-state index in [1.165, 1.54) is 18.3 Å². The summed E-state index contributed by atoms with van der Waals surface area (Å²) in [6, 6.07) is 6.03. The number of nitrogens with one attached hydrogen (secondary N) is 1. The number of nitriles is 1. The van der Waals surface area contributed by atoms with E-state index >= 15 is 0 Å². The van der Waals surface area contributed by atoms with Crippen molar-refractivity contribution in [3.8, 4) is 6.07 Å². The Labute approximate surface area is 111 Å². The molecule has 0 aliphatic carbocycles. The highest BCUT2D eigenvalue weighted by Crippen LogP contribution is 2.16. The van der Waals surface area contributed by atoms with Crippen molar-refractivity contribution >= 4 is 11.7 Å². The van der Waals surface area contributed by atoms with E-state index in [1.54, 1.807) is 0 Å². The molecule has 0 aliphatic rings. The quantitative estimate of drug-likeness (QED) is 0.858. The van der Waals surface area contributed by atoms with Crippen molar-refractivity contribution in [1.82, 2.24) is 4.98 Å². The molecular formula is C13H6F3N3O. The number of pyridine rings is 1. The molecule has 0 bridgehead atoms. The number of carbonyl (C=O) groups is 1. The number of hydrogen-bond acceptors (Lipinski definition) is 3. The molecule has 1 aromatic heterocycles. The molecule has 1 aromatic carbocycles. The average molecular weight is 277 g/mol. The van der Waals surface area contributed by atoms with Crippen LogP contribution in [0, 0.1) is 28.8 Å². The van der Waals surface area contributed by atoms with Crippen LogP contribution in [0.15, 0.2) is 30.5 Å². The molecule has 2 rings (SSSR count). The summed E-state index contributed by atoms with van der Waals surface area (Å²) in [6.45, 7) is 0. The van der Waals surface area contributed by atoms with Crippen LogP contribution in [0.1, 0.15) is 15.9 Å². The van der Waals surface area contributed by atoms with Gasteiger partial charge >= 0.3 is 0 Å². The number of hydrogen-bond donors (Lipinski definition) is 1. The molecule has 7 heteroatoms. The lowest BCUT2D eigenvalue weighted by Gasteiger charge is -2.06. The van der Waals surface area contributed by atoms with E-state index in [1.807, 2.05) is 6.07 Å². The van der Waals surface area contributed by atoms with Gasteiger partial charge in [-0.3, -0.25) is 4.79 Å². The zero-order valence-electron chi connectivity index (χ0n) is 9.82. The minimum atomic E-state index is -1.72. The zero-order chi connectivity index (χ0) is 14.7. The van der Waals surface area contributed by atoms with Crippen LogP contribution in [-0.2, 0) is 0 Å². The Bertz CT molecular complexity index is 708. The first-order chi connectivity index (χ1) is 9.52. The number of nitrogens with zero attached hydrogens (tertiary/aromatic N) is 2. The fraction of sp³-hybridized carbons (Fsp3) is 0. The average Bonchev–Trinajstić information content (AvgIpc) is 2.45. The number of benzene rings is 1. The summed E-state index contributed by atoms with van der Waals surface area (Å²) < 4.78 is 39.1. The summed E-state index contributed by atoms with van der Waals surface area (Å²) in [6.07, 6.45) is 1.21. The number of amides is 1. The fourth-order valence-corrected chi connectivity index (χ4v) is 1.42. The van der Waals surface area contributed by atoms with E-state index in [2.05, 4.69) is 10.3 Å². The molecule has 0 fully saturated rings. The lowest BCUT2D eigenvalue weighted by atomic mass is 10.2. The molecule has 0 radical (unpaired) electrons. The first-order valence-corrected chi connectivity index (χ1v) is 5.34. The molecule has 0 saturated carbocycles. The molecule has 20 heavy (non-hydrogen) atoms. The topological polar surface area (TPSA) is 65.8 Å². The van der Waals surface area contributed by atoms with Crippen molar-refractivity contribution in [2.24, 2.45) is 0 Å². The van der Waals surface area contributed by atoms with Gasteiger partial charge in [-0.2, -0.15) is 5.26 Å². The van der Waals surface area contributed by atoms with Crippen molar-refractivity contribution in [3.05, 3.63) is 59.0 Å². The highest BCUT2D eigenvalue weighted by atomic mass is 19.2. The summed E-state index contributed by atoms with van der Waals surface area (Å²) in [5.74, 6) is -5.59. The molecule has 0 spiro atoms. The first-order valence-electron chi connectivity index (χ1n) is 5.34. The molecule has 1 amide bonds. The first kappa shape index (κ1) is 13.5. The third kappa shape index (κ3) is 2.59. The maximum absolute atomic E-state index is 13.4. The molecule has 1 N–H and O–H groups in total. The number of carbonyl (C=O) groups excluding carboxylic acids is 1. The van der Waals surface area contributed by atoms with Gasteiger partial charge in [0.2, 0.25) is 0 Å². The Morgan fingerprint density at radius 3 is 2.50 bits per heavy atom. The Morgan fingerprint density at radius 1 is 1.15 bits per heavy atom. The van der Waals surface area contributed by atoms with Crippen molar-refractivity contribution in [2.45, 2.75) is 0 Å². The van der Waals surface area contributed by atoms with E-state index < -0.39 is 28.9 Å². The minimum absolute atomic E-state index is 0.0538. The van der Waals surface area contributed by atoms with E-state index in [-0.39, 0.29) is 11.4 Å². The van der Waals surface area contributed by atoms with Crippen LogP contribution in [0.4, 0.5) is 19.0 Å². The van der Waals surface area contributed by atoms with Crippen molar-refractivity contribution in [1.29, 1.82) is 5.26 Å². The van der Waals surface area contributed by atoms with Gasteiger partial charge in [0.1, 0.15) is 11.9 Å². The van der Waals surface area contributed by atoms with E-state index in [4.69, 9.17) is 5.26 Å². The normalized spacial score (nSPS) is 9.90. The number of halogens is 3. The maximum Gasteiger partial charge on any atom is 0.259 e. The summed E-state index contributed by atoms with van der Waals surface area (Å²) in [7, 11) is 0. The highest BCUT2D eigenvalue weighted by Gasteiger charge is 2.19. The van der Waals surface area contributed by atoms with Gasteiger partial charge < -0.3 is 5.32 Å². The molecule has 0 atom stereocenters. The second-order valence-corrected chi connectivity index (χ2v) is 3.72. The summed E-state index contributed by atoms with van der Waals surface area (Å²) >= 11 is 0. The van der Waals surface area contributed by atoms with Crippen molar-refractivity contribution in [2.75, 3.05) is 5.32 Å². The van der Waals surface area contributed by atoms with E-state index in [0.29, 0.717) is 6.07 Å². The zero-order valence-corrected chi connectivity index (χ0v) is 9.82. The number of aromatic nitrogens is 1. The smallest absolute Gasteiger partial charge is 0.259 e. The number of anilines is 1. The van der Waals surface area contributed by atoms with Crippen molar-refractivity contribution in [3.63, 3.8) is 0 Å². The van der Waals surface area contributed by atoms with Crippen LogP contribution in [0.2, 0.25) is 0 Å². The van der Waals surface area contributed by atoms with Gasteiger partial charge in [0.25, 0.3) is 5.91 Å². The van der Waals surface area contributed by atoms with E-state index in [9.17, 15) is 18.0 Å². The number of rotatable bonds is 2. The molecule has 1 heterocycles. The van der Waals surface area contributed by atoms with Gasteiger partial charge in [-0.05, 0) is 24.3 Å². The second-order valence-electron chi connectivity index (χ2n) is 3.72. The summed E-state index contributed by atoms with van der Waals surface area (Å²) in [4.78, 5) is 15.4. The van der Waals surface area contributed by atoms with Crippen molar-refractivity contribution < 1.29 is 18.0 Å². The molecule has 100 valence electrons. The van der Waals surface area contributed by atoms with Crippen LogP contribution in [0.3, 0.4) is 0 Å². The van der Waals surface area contributed by atoms with Crippen LogP contribution in [0.25, 0.3) is 0 Å². The molecular weight excluding hydrogens is 271 g/mol. The Morgan fingerprint density at radius 2 is 1.90 bits per heavy atom. The molecule has 2 aromatic rings. The molecule has 0 saturated heterocycles. The van der Waals surface area contributed by atoms with Gasteiger partial charge in [-0.1, -0.05) is 0 Å². The van der Waals surface area contributed by atoms with Crippen LogP contribution in [0.5, 0.6) is 0 Å². The third-order valence-corrected chi connectivity index (χ3v) is 2.41. The maximum atomic E-state index is 13.4. The van der Waals surface area contributed by atoms with Gasteiger partial charge in [-0.25, -0.2) is 18.2 Å². The summed E-state index contributed by atoms with van der Waals surface area (Å²) in [5, 5.41) is 10.8. The summed E-state index contributed by atoms with van der Waals surface area (Å²) in [5.41, 5.74) is -0.364. The van der Waals surface area contributed by atoms with Gasteiger partial charge in [0, 0.05) is 6.20 Å². The molecule has 0 aliphatic heterocycles. The van der Waals surface area contributed by atoms with Crippen LogP contribution < -0.4 is 5.32 Å². The minimum Gasteiger partial charge on any atom is -0.306 e. The Balaban J connectivity index is 2.24. The largest absolute Gasteiger partial charge is 0.306 e. The predicted octanol–water partition coefficient (Wildman–Crippen LogP) is 2.62. The van der Waals surface area contributed by atoms with Gasteiger partial charge in [0.05, 0.1) is 11.1 Å². The van der Waals surface area contributed by atoms with Gasteiger partial charge in [0.15, 0.2) is 17.5 Å². The molecule has 0 unspecified atom stereocenters. The standard InChI is InChI=1S/C13H6F3N3O/c14-9-3-2-8(11(15)12(9)16)13(20)19-10-4-1-7(5-17)6-18-10/h1-4,6H,(H,18,19,20). The Kier molecular flexibility index (Phi) is 3.66. The van der Waals surface area contributed by atoms with Crippen LogP contribution >= 0.6 is 0 Å². The third-order valence-electron chi connectivity index (χ3n) is 2.41. The SMILES string of the molecule is N#Cc1ccc(NC(=O)c2ccc(F)c(F)c2F)nc1. The molecule has 4 nitrogen and oxygen atoms in total. The Hall–Kier alpha value is -2.88.